The van der Waals surface area contributed by atoms with Gasteiger partial charge in [-0.3, -0.25) is 14.4 Å². The quantitative estimate of drug-likeness (QED) is 0.449. The molecule has 12 heteroatoms. The first-order chi connectivity index (χ1) is 18.1. The average molecular weight is 520 g/mol. The summed E-state index contributed by atoms with van der Waals surface area (Å²) in [6.07, 6.45) is 4.43. The van der Waals surface area contributed by atoms with E-state index in [0.717, 1.165) is 24.1 Å². The van der Waals surface area contributed by atoms with Gasteiger partial charge in [-0.2, -0.15) is 5.10 Å². The molecule has 0 spiro atoms. The lowest BCUT2D eigenvalue weighted by Gasteiger charge is -2.32. The van der Waals surface area contributed by atoms with Crippen molar-refractivity contribution in [1.82, 2.24) is 29.5 Å². The Morgan fingerprint density at radius 1 is 1.21 bits per heavy atom. The number of likely N-dealkylation sites (tertiary alicyclic amines) is 1. The summed E-state index contributed by atoms with van der Waals surface area (Å²) in [4.78, 5) is 51.6. The fraction of sp³-hybridized carbons (Fsp3) is 0.385. The van der Waals surface area contributed by atoms with Crippen molar-refractivity contribution >= 4 is 45.9 Å². The van der Waals surface area contributed by atoms with Crippen molar-refractivity contribution in [3.05, 3.63) is 48.4 Å². The fourth-order valence-electron chi connectivity index (χ4n) is 4.57. The average Bonchev–Trinajstić information content (AvgIpc) is 3.30. The number of anilines is 3. The zero-order valence-corrected chi connectivity index (χ0v) is 22.1. The van der Waals surface area contributed by atoms with Gasteiger partial charge in [0.2, 0.25) is 11.8 Å². The maximum Gasteiger partial charge on any atom is 0.277 e. The topological polar surface area (TPSA) is 143 Å². The Bertz CT molecular complexity index is 1400. The van der Waals surface area contributed by atoms with Gasteiger partial charge in [0.05, 0.1) is 29.2 Å². The molecule has 38 heavy (non-hydrogen) atoms. The minimum Gasteiger partial charge on any atom is -0.383 e. The molecule has 1 atom stereocenters. The Labute approximate surface area is 221 Å². The number of hydrogen-bond acceptors (Lipinski definition) is 8. The fourth-order valence-corrected chi connectivity index (χ4v) is 4.57. The third-order valence-electron chi connectivity index (χ3n) is 6.61. The number of nitrogens with zero attached hydrogens (tertiary/aromatic N) is 7. The lowest BCUT2D eigenvalue weighted by atomic mass is 10.1. The van der Waals surface area contributed by atoms with Crippen LogP contribution in [-0.2, 0) is 16.0 Å². The Morgan fingerprint density at radius 2 is 1.97 bits per heavy atom. The molecule has 0 saturated carbocycles. The van der Waals surface area contributed by atoms with Crippen molar-refractivity contribution in [1.29, 1.82) is 0 Å². The molecule has 0 unspecified atom stereocenters. The highest BCUT2D eigenvalue weighted by Crippen LogP contribution is 2.31. The summed E-state index contributed by atoms with van der Waals surface area (Å²) in [5.74, 6) is -0.489. The van der Waals surface area contributed by atoms with Gasteiger partial charge in [-0.25, -0.2) is 14.6 Å². The van der Waals surface area contributed by atoms with Gasteiger partial charge in [0, 0.05) is 41.3 Å². The summed E-state index contributed by atoms with van der Waals surface area (Å²) in [6, 6.07) is 5.27. The van der Waals surface area contributed by atoms with E-state index < -0.39 is 5.91 Å². The molecule has 1 aliphatic heterocycles. The number of piperidine rings is 1. The standard InChI is InChI=1S/C26H33N9O3/c1-6-20(36)34-11-7-8-17(14-34)35-25-22(24(27)28-15-29-25)23(31-35)26(38)30-18-10-9-16(12-19(18)32(2)3)13-21(37)33(4)5/h6,9-10,12,15,17H,1,7-8,11,13-14H2,2-5H3,(H,30,38)(H2,27,28,29)/t17-/m1/s1. The van der Waals surface area contributed by atoms with Crippen LogP contribution in [0.4, 0.5) is 17.2 Å². The molecular formula is C26H33N9O3. The molecule has 2 aromatic heterocycles. The molecule has 1 aromatic carbocycles. The van der Waals surface area contributed by atoms with Crippen molar-refractivity contribution < 1.29 is 14.4 Å². The SMILES string of the molecule is C=CC(=O)N1CCC[C@@H](n2nc(C(=O)Nc3ccc(CC(=O)N(C)C)cc3N(C)C)c3c(N)ncnc32)C1. The van der Waals surface area contributed by atoms with Gasteiger partial charge in [0.1, 0.15) is 12.1 Å². The smallest absolute Gasteiger partial charge is 0.277 e. The first-order valence-electron chi connectivity index (χ1n) is 12.3. The molecule has 1 fully saturated rings. The van der Waals surface area contributed by atoms with Crippen molar-refractivity contribution in [3.63, 3.8) is 0 Å². The van der Waals surface area contributed by atoms with Crippen LogP contribution < -0.4 is 16.0 Å². The van der Waals surface area contributed by atoms with E-state index in [4.69, 9.17) is 5.73 Å². The zero-order chi connectivity index (χ0) is 27.6. The molecule has 4 rings (SSSR count). The first-order valence-corrected chi connectivity index (χ1v) is 12.3. The summed E-state index contributed by atoms with van der Waals surface area (Å²) < 4.78 is 1.67. The number of carbonyl (C=O) groups is 3. The third-order valence-corrected chi connectivity index (χ3v) is 6.61. The number of benzene rings is 1. The number of aromatic nitrogens is 4. The van der Waals surface area contributed by atoms with Crippen LogP contribution in [0.1, 0.15) is 34.9 Å². The van der Waals surface area contributed by atoms with Gasteiger partial charge < -0.3 is 25.8 Å². The molecule has 1 saturated heterocycles. The lowest BCUT2D eigenvalue weighted by Crippen LogP contribution is -2.40. The molecule has 12 nitrogen and oxygen atoms in total. The van der Waals surface area contributed by atoms with Gasteiger partial charge in [-0.05, 0) is 36.6 Å². The van der Waals surface area contributed by atoms with E-state index in [1.165, 1.54) is 17.3 Å². The zero-order valence-electron chi connectivity index (χ0n) is 22.1. The number of fused-ring (bicyclic) bond motifs is 1. The Kier molecular flexibility index (Phi) is 7.60. The van der Waals surface area contributed by atoms with E-state index in [1.807, 2.05) is 31.1 Å². The van der Waals surface area contributed by atoms with Crippen LogP contribution in [0.15, 0.2) is 37.2 Å². The van der Waals surface area contributed by atoms with E-state index in [1.54, 1.807) is 29.7 Å². The summed E-state index contributed by atoms with van der Waals surface area (Å²) in [5, 5.41) is 7.94. The number of likely N-dealkylation sites (N-methyl/N-ethyl adjacent to an activating group) is 1. The molecule has 200 valence electrons. The maximum atomic E-state index is 13.6. The summed E-state index contributed by atoms with van der Waals surface area (Å²) >= 11 is 0. The number of carbonyl (C=O) groups excluding carboxylic acids is 3. The van der Waals surface area contributed by atoms with Gasteiger partial charge in [0.15, 0.2) is 11.3 Å². The van der Waals surface area contributed by atoms with Crippen molar-refractivity contribution in [2.75, 3.05) is 57.2 Å². The van der Waals surface area contributed by atoms with Crippen LogP contribution in [-0.4, -0.2) is 88.6 Å². The van der Waals surface area contributed by atoms with E-state index >= 15 is 0 Å². The summed E-state index contributed by atoms with van der Waals surface area (Å²) in [7, 11) is 7.14. The molecule has 3 N–H and O–H groups in total. The van der Waals surface area contributed by atoms with Gasteiger partial charge >= 0.3 is 0 Å². The lowest BCUT2D eigenvalue weighted by molar-refractivity contribution is -0.128. The van der Waals surface area contributed by atoms with Crippen LogP contribution in [0, 0.1) is 0 Å². The molecule has 0 aliphatic carbocycles. The molecule has 3 amide bonds. The number of nitrogens with one attached hydrogen (secondary N) is 1. The second-order valence-electron chi connectivity index (χ2n) is 9.70. The van der Waals surface area contributed by atoms with Crippen LogP contribution in [0.3, 0.4) is 0 Å². The third kappa shape index (κ3) is 5.29. The highest BCUT2D eigenvalue weighted by Gasteiger charge is 2.29. The molecule has 3 aromatic rings. The van der Waals surface area contributed by atoms with Crippen LogP contribution in [0.5, 0.6) is 0 Å². The predicted molar refractivity (Wildman–Crippen MR) is 146 cm³/mol. The highest BCUT2D eigenvalue weighted by molar-refractivity contribution is 6.14. The monoisotopic (exact) mass is 519 g/mol. The Balaban J connectivity index is 1.68. The number of nitrogens with two attached hydrogens (primary N) is 1. The van der Waals surface area contributed by atoms with Crippen LogP contribution in [0.25, 0.3) is 11.0 Å². The van der Waals surface area contributed by atoms with Gasteiger partial charge in [0.25, 0.3) is 5.91 Å². The summed E-state index contributed by atoms with van der Waals surface area (Å²) in [5.41, 5.74) is 8.85. The van der Waals surface area contributed by atoms with E-state index in [0.29, 0.717) is 29.8 Å². The van der Waals surface area contributed by atoms with E-state index in [2.05, 4.69) is 27.0 Å². The molecule has 3 heterocycles. The highest BCUT2D eigenvalue weighted by atomic mass is 16.2. The predicted octanol–water partition coefficient (Wildman–Crippen LogP) is 1.71. The largest absolute Gasteiger partial charge is 0.383 e. The first kappa shape index (κ1) is 26.6. The number of hydrogen-bond donors (Lipinski definition) is 2. The molecular weight excluding hydrogens is 486 g/mol. The molecule has 0 bridgehead atoms. The van der Waals surface area contributed by atoms with Crippen molar-refractivity contribution in [3.8, 4) is 0 Å². The second-order valence-corrected chi connectivity index (χ2v) is 9.70. The van der Waals surface area contributed by atoms with Crippen LogP contribution in [0.2, 0.25) is 0 Å². The van der Waals surface area contributed by atoms with E-state index in [9.17, 15) is 14.4 Å². The van der Waals surface area contributed by atoms with Crippen molar-refractivity contribution in [2.24, 2.45) is 0 Å². The molecule has 1 aliphatic rings. The second kappa shape index (κ2) is 10.9. The van der Waals surface area contributed by atoms with Gasteiger partial charge in [-0.15, -0.1) is 0 Å². The van der Waals surface area contributed by atoms with Crippen LogP contribution >= 0.6 is 0 Å². The number of rotatable bonds is 7. The van der Waals surface area contributed by atoms with E-state index in [-0.39, 0.29) is 35.8 Å². The minimum atomic E-state index is -0.467. The van der Waals surface area contributed by atoms with Crippen molar-refractivity contribution in [2.45, 2.75) is 25.3 Å². The summed E-state index contributed by atoms with van der Waals surface area (Å²) in [6.45, 7) is 4.64. The Hall–Kier alpha value is -4.48. The Morgan fingerprint density at radius 3 is 2.66 bits per heavy atom. The minimum absolute atomic E-state index is 0.0185. The number of amides is 3. The maximum absolute atomic E-state index is 13.6. The molecule has 0 radical (unpaired) electrons. The van der Waals surface area contributed by atoms with Gasteiger partial charge in [-0.1, -0.05) is 12.6 Å². The number of nitrogen functional groups attached to an aromatic ring is 1. The normalized spacial score (nSPS) is 15.3.